The van der Waals surface area contributed by atoms with Gasteiger partial charge in [-0.2, -0.15) is 0 Å². The maximum Gasteiger partial charge on any atom is 0.314 e. The third-order valence-electron chi connectivity index (χ3n) is 3.63. The van der Waals surface area contributed by atoms with Crippen molar-refractivity contribution in [1.29, 1.82) is 0 Å². The molecule has 6 nitrogen and oxygen atoms in total. The first-order chi connectivity index (χ1) is 9.08. The van der Waals surface area contributed by atoms with E-state index in [4.69, 9.17) is 9.84 Å². The molecule has 0 aromatic rings. The average Bonchev–Trinajstić information content (AvgIpc) is 2.31. The standard InChI is InChI=1S/C13H24N2O4/c1-19-8-3-2-7-14-12(18)15-10-13(5-4-6-13)9-11(16)17/h2-10H2,1H3,(H,16,17)(H2,14,15,18). The minimum absolute atomic E-state index is 0.140. The first-order valence-corrected chi connectivity index (χ1v) is 6.80. The molecule has 0 heterocycles. The SMILES string of the molecule is COCCCCNC(=O)NCC1(CC(=O)O)CCC1. The van der Waals surface area contributed by atoms with Crippen molar-refractivity contribution < 1.29 is 19.4 Å². The van der Waals surface area contributed by atoms with Gasteiger partial charge in [-0.1, -0.05) is 6.42 Å². The van der Waals surface area contributed by atoms with Gasteiger partial charge in [0.05, 0.1) is 6.42 Å². The number of hydrogen-bond acceptors (Lipinski definition) is 3. The van der Waals surface area contributed by atoms with Crippen LogP contribution in [-0.2, 0) is 9.53 Å². The summed E-state index contributed by atoms with van der Waals surface area (Å²) in [5, 5.41) is 14.4. The Hall–Kier alpha value is -1.30. The van der Waals surface area contributed by atoms with Gasteiger partial charge in [0.1, 0.15) is 0 Å². The van der Waals surface area contributed by atoms with Gasteiger partial charge in [-0.15, -0.1) is 0 Å². The summed E-state index contributed by atoms with van der Waals surface area (Å²) in [5.74, 6) is -0.790. The summed E-state index contributed by atoms with van der Waals surface area (Å²) in [7, 11) is 1.65. The van der Waals surface area contributed by atoms with E-state index in [0.717, 1.165) is 32.1 Å². The van der Waals surface area contributed by atoms with Gasteiger partial charge >= 0.3 is 12.0 Å². The zero-order valence-corrected chi connectivity index (χ0v) is 11.5. The second-order valence-electron chi connectivity index (χ2n) is 5.23. The lowest BCUT2D eigenvalue weighted by Crippen LogP contribution is -2.46. The largest absolute Gasteiger partial charge is 0.481 e. The monoisotopic (exact) mass is 272 g/mol. The van der Waals surface area contributed by atoms with Crippen molar-refractivity contribution in [3.8, 4) is 0 Å². The average molecular weight is 272 g/mol. The van der Waals surface area contributed by atoms with E-state index in [1.54, 1.807) is 7.11 Å². The Labute approximate surface area is 113 Å². The molecule has 0 saturated heterocycles. The third-order valence-corrected chi connectivity index (χ3v) is 3.63. The number of ether oxygens (including phenoxy) is 1. The van der Waals surface area contributed by atoms with Gasteiger partial charge in [-0.05, 0) is 31.1 Å². The minimum Gasteiger partial charge on any atom is -0.481 e. The summed E-state index contributed by atoms with van der Waals surface area (Å²) in [4.78, 5) is 22.3. The predicted octanol–water partition coefficient (Wildman–Crippen LogP) is 1.36. The van der Waals surface area contributed by atoms with E-state index in [1.165, 1.54) is 0 Å². The number of unbranched alkanes of at least 4 members (excludes halogenated alkanes) is 1. The van der Waals surface area contributed by atoms with Gasteiger partial charge in [0.25, 0.3) is 0 Å². The molecule has 0 aromatic heterocycles. The molecule has 1 aliphatic carbocycles. The topological polar surface area (TPSA) is 87.7 Å². The van der Waals surface area contributed by atoms with Gasteiger partial charge in [0.2, 0.25) is 0 Å². The van der Waals surface area contributed by atoms with Crippen LogP contribution in [0.5, 0.6) is 0 Å². The summed E-state index contributed by atoms with van der Waals surface area (Å²) in [6.45, 7) is 1.76. The van der Waals surface area contributed by atoms with E-state index in [1.807, 2.05) is 0 Å². The molecular formula is C13H24N2O4. The lowest BCUT2D eigenvalue weighted by molar-refractivity contribution is -0.141. The van der Waals surface area contributed by atoms with Gasteiger partial charge in [-0.3, -0.25) is 4.79 Å². The normalized spacial score (nSPS) is 16.5. The molecule has 1 saturated carbocycles. The first-order valence-electron chi connectivity index (χ1n) is 6.80. The van der Waals surface area contributed by atoms with E-state index in [0.29, 0.717) is 19.7 Å². The number of methoxy groups -OCH3 is 1. The zero-order chi connectivity index (χ0) is 14.1. The Balaban J connectivity index is 2.13. The third kappa shape index (κ3) is 5.92. The Morgan fingerprint density at radius 1 is 1.26 bits per heavy atom. The maximum absolute atomic E-state index is 11.5. The summed E-state index contributed by atoms with van der Waals surface area (Å²) < 4.78 is 4.92. The predicted molar refractivity (Wildman–Crippen MR) is 71.0 cm³/mol. The number of amides is 2. The maximum atomic E-state index is 11.5. The summed E-state index contributed by atoms with van der Waals surface area (Å²) in [6.07, 6.45) is 4.75. The summed E-state index contributed by atoms with van der Waals surface area (Å²) >= 11 is 0. The number of nitrogens with one attached hydrogen (secondary N) is 2. The van der Waals surface area contributed by atoms with Crippen LogP contribution in [0.1, 0.15) is 38.5 Å². The highest BCUT2D eigenvalue weighted by Crippen LogP contribution is 2.43. The number of carboxylic acid groups (broad SMARTS) is 1. The molecule has 19 heavy (non-hydrogen) atoms. The quantitative estimate of drug-likeness (QED) is 0.553. The van der Waals surface area contributed by atoms with Crippen LogP contribution in [0.2, 0.25) is 0 Å². The molecule has 0 aromatic carbocycles. The number of hydrogen-bond donors (Lipinski definition) is 3. The van der Waals surface area contributed by atoms with E-state index in [2.05, 4.69) is 10.6 Å². The van der Waals surface area contributed by atoms with Crippen LogP contribution in [0.3, 0.4) is 0 Å². The number of carbonyl (C=O) groups excluding carboxylic acids is 1. The summed E-state index contributed by atoms with van der Waals surface area (Å²) in [6, 6.07) is -0.214. The van der Waals surface area contributed by atoms with Gasteiger partial charge in [0, 0.05) is 26.8 Å². The molecule has 0 spiro atoms. The molecule has 110 valence electrons. The first kappa shape index (κ1) is 15.8. The highest BCUT2D eigenvalue weighted by molar-refractivity contribution is 5.74. The van der Waals surface area contributed by atoms with Crippen molar-refractivity contribution in [3.63, 3.8) is 0 Å². The molecule has 0 radical (unpaired) electrons. The van der Waals surface area contributed by atoms with E-state index >= 15 is 0 Å². The fourth-order valence-corrected chi connectivity index (χ4v) is 2.32. The van der Waals surface area contributed by atoms with Crippen LogP contribution in [0.15, 0.2) is 0 Å². The number of urea groups is 1. The molecule has 6 heteroatoms. The van der Waals surface area contributed by atoms with Crippen LogP contribution in [-0.4, -0.2) is 43.9 Å². The molecule has 1 fully saturated rings. The number of rotatable bonds is 9. The zero-order valence-electron chi connectivity index (χ0n) is 11.5. The molecule has 1 rings (SSSR count). The smallest absolute Gasteiger partial charge is 0.314 e. The Kier molecular flexibility index (Phi) is 6.62. The second kappa shape index (κ2) is 7.99. The molecule has 0 unspecified atom stereocenters. The van der Waals surface area contributed by atoms with Crippen molar-refractivity contribution in [2.24, 2.45) is 5.41 Å². The van der Waals surface area contributed by atoms with Crippen LogP contribution in [0, 0.1) is 5.41 Å². The molecule has 2 amide bonds. The molecule has 1 aliphatic rings. The number of carboxylic acids is 1. The van der Waals surface area contributed by atoms with Crippen molar-refractivity contribution in [3.05, 3.63) is 0 Å². The van der Waals surface area contributed by atoms with Crippen molar-refractivity contribution in [1.82, 2.24) is 10.6 Å². The lowest BCUT2D eigenvalue weighted by atomic mass is 9.66. The highest BCUT2D eigenvalue weighted by atomic mass is 16.5. The second-order valence-corrected chi connectivity index (χ2v) is 5.23. The van der Waals surface area contributed by atoms with Crippen molar-refractivity contribution in [2.75, 3.05) is 26.8 Å². The van der Waals surface area contributed by atoms with Gasteiger partial charge < -0.3 is 20.5 Å². The Bertz CT molecular complexity index is 303. The molecule has 0 bridgehead atoms. The van der Waals surface area contributed by atoms with Gasteiger partial charge in [0.15, 0.2) is 0 Å². The fraction of sp³-hybridized carbons (Fsp3) is 0.846. The minimum atomic E-state index is -0.790. The Morgan fingerprint density at radius 3 is 2.53 bits per heavy atom. The summed E-state index contributed by atoms with van der Waals surface area (Å²) in [5.41, 5.74) is -0.223. The number of aliphatic carboxylic acids is 1. The Morgan fingerprint density at radius 2 is 2.00 bits per heavy atom. The molecule has 0 aliphatic heterocycles. The van der Waals surface area contributed by atoms with Crippen LogP contribution >= 0.6 is 0 Å². The molecule has 3 N–H and O–H groups in total. The molecular weight excluding hydrogens is 248 g/mol. The van der Waals surface area contributed by atoms with Crippen LogP contribution < -0.4 is 10.6 Å². The van der Waals surface area contributed by atoms with Crippen LogP contribution in [0.25, 0.3) is 0 Å². The van der Waals surface area contributed by atoms with E-state index in [9.17, 15) is 9.59 Å². The van der Waals surface area contributed by atoms with Crippen molar-refractivity contribution >= 4 is 12.0 Å². The van der Waals surface area contributed by atoms with E-state index in [-0.39, 0.29) is 17.9 Å². The number of carbonyl (C=O) groups is 2. The van der Waals surface area contributed by atoms with E-state index < -0.39 is 5.97 Å². The van der Waals surface area contributed by atoms with Crippen molar-refractivity contribution in [2.45, 2.75) is 38.5 Å². The van der Waals surface area contributed by atoms with Gasteiger partial charge in [-0.25, -0.2) is 4.79 Å². The lowest BCUT2D eigenvalue weighted by Gasteiger charge is -2.40. The highest BCUT2D eigenvalue weighted by Gasteiger charge is 2.39. The van der Waals surface area contributed by atoms with Crippen LogP contribution in [0.4, 0.5) is 4.79 Å². The fourth-order valence-electron chi connectivity index (χ4n) is 2.32. The molecule has 0 atom stereocenters.